The van der Waals surface area contributed by atoms with Gasteiger partial charge in [-0.05, 0) is 36.1 Å². The number of hydrogen-bond acceptors (Lipinski definition) is 4. The van der Waals surface area contributed by atoms with Gasteiger partial charge in [-0.25, -0.2) is 0 Å². The van der Waals surface area contributed by atoms with E-state index in [0.717, 1.165) is 43.9 Å². The van der Waals surface area contributed by atoms with Crippen molar-refractivity contribution >= 4 is 5.78 Å². The van der Waals surface area contributed by atoms with Crippen LogP contribution in [-0.2, 0) is 11.2 Å². The molecule has 0 N–H and O–H groups in total. The minimum Gasteiger partial charge on any atom is -0.493 e. The van der Waals surface area contributed by atoms with E-state index >= 15 is 0 Å². The van der Waals surface area contributed by atoms with Crippen molar-refractivity contribution in [2.75, 3.05) is 27.3 Å². The van der Waals surface area contributed by atoms with E-state index in [4.69, 9.17) is 9.47 Å². The zero-order valence-corrected chi connectivity index (χ0v) is 13.7. The Hall–Kier alpha value is -1.55. The summed E-state index contributed by atoms with van der Waals surface area (Å²) < 4.78 is 10.8. The first-order chi connectivity index (χ1) is 10.7. The van der Waals surface area contributed by atoms with Gasteiger partial charge in [0, 0.05) is 31.5 Å². The largest absolute Gasteiger partial charge is 0.493 e. The second kappa shape index (κ2) is 6.29. The van der Waals surface area contributed by atoms with E-state index in [-0.39, 0.29) is 12.0 Å². The highest BCUT2D eigenvalue weighted by atomic mass is 16.5. The van der Waals surface area contributed by atoms with E-state index in [0.29, 0.717) is 12.2 Å². The molecule has 1 saturated heterocycles. The first-order valence-electron chi connectivity index (χ1n) is 8.19. The fraction of sp³-hybridized carbons (Fsp3) is 0.611. The molecule has 0 bridgehead atoms. The van der Waals surface area contributed by atoms with Crippen molar-refractivity contribution in [1.29, 1.82) is 0 Å². The topological polar surface area (TPSA) is 38.8 Å². The van der Waals surface area contributed by atoms with Gasteiger partial charge >= 0.3 is 0 Å². The van der Waals surface area contributed by atoms with E-state index in [2.05, 4.69) is 24.0 Å². The quantitative estimate of drug-likeness (QED) is 0.857. The first-order valence-corrected chi connectivity index (χ1v) is 8.19. The van der Waals surface area contributed by atoms with Crippen molar-refractivity contribution in [1.82, 2.24) is 4.90 Å². The van der Waals surface area contributed by atoms with Crippen molar-refractivity contribution in [2.45, 2.75) is 38.6 Å². The van der Waals surface area contributed by atoms with E-state index < -0.39 is 0 Å². The number of piperidine rings is 1. The normalized spacial score (nSPS) is 24.6. The van der Waals surface area contributed by atoms with Gasteiger partial charge in [-0.2, -0.15) is 0 Å². The lowest BCUT2D eigenvalue weighted by atomic mass is 9.81. The van der Waals surface area contributed by atoms with Crippen molar-refractivity contribution < 1.29 is 14.3 Å². The molecular weight excluding hydrogens is 278 g/mol. The molecule has 2 aliphatic rings. The zero-order chi connectivity index (χ0) is 15.7. The van der Waals surface area contributed by atoms with Crippen LogP contribution in [0.4, 0.5) is 0 Å². The summed E-state index contributed by atoms with van der Waals surface area (Å²) in [6.07, 6.45) is 3.74. The second-order valence-corrected chi connectivity index (χ2v) is 6.32. The molecule has 120 valence electrons. The van der Waals surface area contributed by atoms with Gasteiger partial charge in [-0.15, -0.1) is 0 Å². The Morgan fingerprint density at radius 1 is 1.23 bits per heavy atom. The van der Waals surface area contributed by atoms with Crippen molar-refractivity contribution in [3.05, 3.63) is 23.3 Å². The molecule has 3 rings (SSSR count). The molecule has 0 amide bonds. The minimum absolute atomic E-state index is 0.212. The fourth-order valence-electron chi connectivity index (χ4n) is 3.88. The predicted octanol–water partition coefficient (Wildman–Crippen LogP) is 2.99. The average Bonchev–Trinajstić information content (AvgIpc) is 2.54. The third-order valence-corrected chi connectivity index (χ3v) is 5.06. The van der Waals surface area contributed by atoms with Crippen LogP contribution in [0.25, 0.3) is 0 Å². The standard InChI is InChI=1S/C18H25NO3/c1-4-5-13-11-19-7-6-12-8-17(21-2)18(22-3)9-14(12)15(19)10-16(13)20/h8-9,13,15H,4-7,10-11H2,1-3H3/t13-,15+/m1/s1. The van der Waals surface area contributed by atoms with Gasteiger partial charge in [0.2, 0.25) is 0 Å². The highest BCUT2D eigenvalue weighted by Crippen LogP contribution is 2.42. The summed E-state index contributed by atoms with van der Waals surface area (Å²) in [7, 11) is 3.33. The Morgan fingerprint density at radius 3 is 2.64 bits per heavy atom. The van der Waals surface area contributed by atoms with Crippen LogP contribution in [0.2, 0.25) is 0 Å². The summed E-state index contributed by atoms with van der Waals surface area (Å²) in [5.41, 5.74) is 2.54. The molecule has 0 unspecified atom stereocenters. The third-order valence-electron chi connectivity index (χ3n) is 5.06. The predicted molar refractivity (Wildman–Crippen MR) is 85.6 cm³/mol. The van der Waals surface area contributed by atoms with Gasteiger partial charge in [0.25, 0.3) is 0 Å². The molecular formula is C18H25NO3. The summed E-state index contributed by atoms with van der Waals surface area (Å²) in [5.74, 6) is 2.18. The van der Waals surface area contributed by atoms with Crippen LogP contribution in [0, 0.1) is 5.92 Å². The molecule has 0 aromatic heterocycles. The van der Waals surface area contributed by atoms with Gasteiger partial charge < -0.3 is 9.47 Å². The highest BCUT2D eigenvalue weighted by Gasteiger charge is 2.37. The number of nitrogens with zero attached hydrogens (tertiary/aromatic N) is 1. The number of carbonyl (C=O) groups is 1. The maximum absolute atomic E-state index is 12.4. The Morgan fingerprint density at radius 2 is 1.95 bits per heavy atom. The van der Waals surface area contributed by atoms with E-state index in [1.807, 2.05) is 0 Å². The maximum atomic E-state index is 12.4. The zero-order valence-electron chi connectivity index (χ0n) is 13.7. The molecule has 2 atom stereocenters. The average molecular weight is 303 g/mol. The summed E-state index contributed by atoms with van der Waals surface area (Å²) in [6, 6.07) is 4.36. The Bertz CT molecular complexity index is 570. The number of rotatable bonds is 4. The molecule has 0 radical (unpaired) electrons. The van der Waals surface area contributed by atoms with Crippen molar-refractivity contribution in [3.8, 4) is 11.5 Å². The SMILES string of the molecule is CCC[C@@H]1CN2CCc3cc(OC)c(OC)cc3[C@@H]2CC1=O. The summed E-state index contributed by atoms with van der Waals surface area (Å²) >= 11 is 0. The smallest absolute Gasteiger partial charge is 0.161 e. The van der Waals surface area contributed by atoms with Crippen LogP contribution in [0.15, 0.2) is 12.1 Å². The minimum atomic E-state index is 0.212. The molecule has 1 fully saturated rings. The van der Waals surface area contributed by atoms with E-state index in [1.165, 1.54) is 11.1 Å². The molecule has 1 aromatic carbocycles. The molecule has 0 spiro atoms. The van der Waals surface area contributed by atoms with Crippen molar-refractivity contribution in [3.63, 3.8) is 0 Å². The van der Waals surface area contributed by atoms with E-state index in [9.17, 15) is 4.79 Å². The lowest BCUT2D eigenvalue weighted by Gasteiger charge is -2.43. The Labute approximate surface area is 132 Å². The lowest BCUT2D eigenvalue weighted by molar-refractivity contribution is -0.129. The number of fused-ring (bicyclic) bond motifs is 3. The number of methoxy groups -OCH3 is 2. The van der Waals surface area contributed by atoms with Crippen LogP contribution in [0.1, 0.15) is 43.4 Å². The van der Waals surface area contributed by atoms with Crippen LogP contribution in [-0.4, -0.2) is 38.0 Å². The highest BCUT2D eigenvalue weighted by molar-refractivity contribution is 5.83. The number of ketones is 1. The molecule has 0 saturated carbocycles. The van der Waals surface area contributed by atoms with Gasteiger partial charge in [0.1, 0.15) is 5.78 Å². The lowest BCUT2D eigenvalue weighted by Crippen LogP contribution is -2.46. The van der Waals surface area contributed by atoms with E-state index in [1.54, 1.807) is 14.2 Å². The maximum Gasteiger partial charge on any atom is 0.161 e. The van der Waals surface area contributed by atoms with Gasteiger partial charge in [0.05, 0.1) is 14.2 Å². The fourth-order valence-corrected chi connectivity index (χ4v) is 3.88. The molecule has 2 heterocycles. The molecule has 0 aliphatic carbocycles. The summed E-state index contributed by atoms with van der Waals surface area (Å²) in [6.45, 7) is 4.09. The molecule has 2 aliphatic heterocycles. The number of Topliss-reactive ketones (excluding diaryl/α,β-unsaturated/α-hetero) is 1. The van der Waals surface area contributed by atoms with Crippen LogP contribution < -0.4 is 9.47 Å². The van der Waals surface area contributed by atoms with Crippen LogP contribution in [0.3, 0.4) is 0 Å². The van der Waals surface area contributed by atoms with Gasteiger partial charge in [-0.1, -0.05) is 13.3 Å². The Balaban J connectivity index is 1.92. The first kappa shape index (κ1) is 15.3. The van der Waals surface area contributed by atoms with Crippen molar-refractivity contribution in [2.24, 2.45) is 5.92 Å². The molecule has 4 heteroatoms. The number of benzene rings is 1. The van der Waals surface area contributed by atoms with Crippen LogP contribution in [0.5, 0.6) is 11.5 Å². The van der Waals surface area contributed by atoms with Crippen LogP contribution >= 0.6 is 0 Å². The second-order valence-electron chi connectivity index (χ2n) is 6.32. The third kappa shape index (κ3) is 2.60. The van der Waals surface area contributed by atoms with Gasteiger partial charge in [-0.3, -0.25) is 9.69 Å². The molecule has 1 aromatic rings. The summed E-state index contributed by atoms with van der Waals surface area (Å²) in [4.78, 5) is 14.9. The number of hydrogen-bond donors (Lipinski definition) is 0. The molecule has 4 nitrogen and oxygen atoms in total. The van der Waals surface area contributed by atoms with Gasteiger partial charge in [0.15, 0.2) is 11.5 Å². The monoisotopic (exact) mass is 303 g/mol. The number of ether oxygens (including phenoxy) is 2. The number of carbonyl (C=O) groups excluding carboxylic acids is 1. The Kier molecular flexibility index (Phi) is 4.39. The summed E-state index contributed by atoms with van der Waals surface area (Å²) in [5, 5.41) is 0. The molecule has 22 heavy (non-hydrogen) atoms.